The number of halogens is 3. The second-order valence-electron chi connectivity index (χ2n) is 4.96. The van der Waals surface area contributed by atoms with E-state index in [-0.39, 0.29) is 13.0 Å². The topological polar surface area (TPSA) is 69.6 Å². The van der Waals surface area contributed by atoms with Crippen molar-refractivity contribution in [2.24, 2.45) is 5.41 Å². The highest BCUT2D eigenvalue weighted by Gasteiger charge is 2.29. The summed E-state index contributed by atoms with van der Waals surface area (Å²) in [6.07, 6.45) is -5.18. The molecule has 0 radical (unpaired) electrons. The third-order valence-electron chi connectivity index (χ3n) is 2.68. The van der Waals surface area contributed by atoms with Gasteiger partial charge < -0.3 is 15.3 Å². The average molecular weight is 284 g/mol. The summed E-state index contributed by atoms with van der Waals surface area (Å²) in [6, 6.07) is -0.648. The van der Waals surface area contributed by atoms with Crippen molar-refractivity contribution in [3.05, 3.63) is 0 Å². The monoisotopic (exact) mass is 284 g/mol. The van der Waals surface area contributed by atoms with E-state index in [1.807, 2.05) is 0 Å². The molecule has 0 aromatic rings. The fourth-order valence-corrected chi connectivity index (χ4v) is 1.12. The number of amides is 2. The van der Waals surface area contributed by atoms with Crippen LogP contribution in [0.2, 0.25) is 0 Å². The van der Waals surface area contributed by atoms with Gasteiger partial charge in [0, 0.05) is 20.1 Å². The van der Waals surface area contributed by atoms with Gasteiger partial charge in [0.05, 0.1) is 11.8 Å². The summed E-state index contributed by atoms with van der Waals surface area (Å²) >= 11 is 0. The SMILES string of the molecule is CN(CCC(F)(F)F)C(=O)NCCC(C)(C)C(=O)O. The first-order valence-corrected chi connectivity index (χ1v) is 5.75. The molecule has 19 heavy (non-hydrogen) atoms. The number of carboxylic acid groups (broad SMARTS) is 1. The first-order chi connectivity index (χ1) is 8.46. The molecule has 0 saturated heterocycles. The average Bonchev–Trinajstić information content (AvgIpc) is 2.24. The number of urea groups is 1. The fraction of sp³-hybridized carbons (Fsp3) is 0.818. The molecule has 0 fully saturated rings. The van der Waals surface area contributed by atoms with Crippen molar-refractivity contribution < 1.29 is 27.9 Å². The van der Waals surface area contributed by atoms with Crippen LogP contribution < -0.4 is 5.32 Å². The predicted octanol–water partition coefficient (Wildman–Crippen LogP) is 2.08. The highest BCUT2D eigenvalue weighted by atomic mass is 19.4. The summed E-state index contributed by atoms with van der Waals surface area (Å²) in [5.74, 6) is -0.993. The Bertz CT molecular complexity index is 330. The second kappa shape index (κ2) is 6.63. The van der Waals surface area contributed by atoms with Gasteiger partial charge in [-0.25, -0.2) is 4.79 Å². The van der Waals surface area contributed by atoms with Crippen LogP contribution in [-0.2, 0) is 4.79 Å². The molecule has 112 valence electrons. The highest BCUT2D eigenvalue weighted by molar-refractivity contribution is 5.75. The Kier molecular flexibility index (Phi) is 6.11. The molecule has 0 aromatic heterocycles. The van der Waals surface area contributed by atoms with Gasteiger partial charge in [0.2, 0.25) is 0 Å². The van der Waals surface area contributed by atoms with E-state index in [0.29, 0.717) is 0 Å². The van der Waals surface area contributed by atoms with E-state index in [2.05, 4.69) is 5.32 Å². The number of alkyl halides is 3. The molecule has 0 aliphatic heterocycles. The van der Waals surface area contributed by atoms with Gasteiger partial charge in [-0.2, -0.15) is 13.2 Å². The lowest BCUT2D eigenvalue weighted by Crippen LogP contribution is -2.40. The molecular weight excluding hydrogens is 265 g/mol. The van der Waals surface area contributed by atoms with Crippen LogP contribution in [0.1, 0.15) is 26.7 Å². The fourth-order valence-electron chi connectivity index (χ4n) is 1.12. The Morgan fingerprint density at radius 3 is 2.16 bits per heavy atom. The summed E-state index contributed by atoms with van der Waals surface area (Å²) in [4.78, 5) is 23.1. The summed E-state index contributed by atoms with van der Waals surface area (Å²) in [7, 11) is 1.25. The molecule has 0 saturated carbocycles. The van der Waals surface area contributed by atoms with E-state index in [1.54, 1.807) is 0 Å². The van der Waals surface area contributed by atoms with Gasteiger partial charge in [-0.3, -0.25) is 4.79 Å². The molecule has 0 aliphatic rings. The number of hydrogen-bond acceptors (Lipinski definition) is 2. The van der Waals surface area contributed by atoms with E-state index < -0.39 is 36.6 Å². The standard InChI is InChI=1S/C11H19F3N2O3/c1-10(2,8(17)18)4-6-15-9(19)16(3)7-5-11(12,13)14/h4-7H2,1-3H3,(H,15,19)(H,17,18). The van der Waals surface area contributed by atoms with Crippen molar-refractivity contribution in [3.63, 3.8) is 0 Å². The van der Waals surface area contributed by atoms with Crippen LogP contribution in [0, 0.1) is 5.41 Å². The van der Waals surface area contributed by atoms with E-state index in [4.69, 9.17) is 5.11 Å². The number of carboxylic acids is 1. The molecule has 8 heteroatoms. The number of nitrogens with one attached hydrogen (secondary N) is 1. The molecule has 5 nitrogen and oxygen atoms in total. The quantitative estimate of drug-likeness (QED) is 0.784. The molecule has 2 amide bonds. The Labute approximate surface area is 109 Å². The Morgan fingerprint density at radius 2 is 1.74 bits per heavy atom. The molecule has 0 unspecified atom stereocenters. The Balaban J connectivity index is 4.02. The molecular formula is C11H19F3N2O3. The number of rotatable bonds is 6. The van der Waals surface area contributed by atoms with Crippen LogP contribution in [0.3, 0.4) is 0 Å². The van der Waals surface area contributed by atoms with Crippen LogP contribution in [0.4, 0.5) is 18.0 Å². The van der Waals surface area contributed by atoms with Crippen LogP contribution in [0.25, 0.3) is 0 Å². The largest absolute Gasteiger partial charge is 0.481 e. The normalized spacial score (nSPS) is 12.1. The van der Waals surface area contributed by atoms with E-state index in [1.165, 1.54) is 20.9 Å². The van der Waals surface area contributed by atoms with Crippen molar-refractivity contribution in [2.45, 2.75) is 32.9 Å². The third-order valence-corrected chi connectivity index (χ3v) is 2.68. The van der Waals surface area contributed by atoms with Gasteiger partial charge >= 0.3 is 18.2 Å². The summed E-state index contributed by atoms with van der Waals surface area (Å²) in [5.41, 5.74) is -0.988. The van der Waals surface area contributed by atoms with Crippen molar-refractivity contribution in [1.82, 2.24) is 10.2 Å². The van der Waals surface area contributed by atoms with Crippen LogP contribution in [0.5, 0.6) is 0 Å². The zero-order valence-electron chi connectivity index (χ0n) is 11.2. The minimum absolute atomic E-state index is 0.0918. The van der Waals surface area contributed by atoms with Gasteiger partial charge in [0.1, 0.15) is 0 Å². The number of aliphatic carboxylic acids is 1. The molecule has 0 aliphatic carbocycles. The molecule has 0 aromatic carbocycles. The second-order valence-corrected chi connectivity index (χ2v) is 4.96. The zero-order valence-corrected chi connectivity index (χ0v) is 11.2. The third kappa shape index (κ3) is 7.53. The molecule has 0 rings (SSSR count). The lowest BCUT2D eigenvalue weighted by molar-refractivity contribution is -0.147. The van der Waals surface area contributed by atoms with Crippen molar-refractivity contribution >= 4 is 12.0 Å². The minimum Gasteiger partial charge on any atom is -0.481 e. The zero-order chi connectivity index (χ0) is 15.3. The summed E-state index contributed by atoms with van der Waals surface area (Å²) < 4.78 is 35.9. The molecule has 0 atom stereocenters. The molecule has 0 heterocycles. The van der Waals surface area contributed by atoms with Gasteiger partial charge in [-0.05, 0) is 20.3 Å². The number of carbonyl (C=O) groups excluding carboxylic acids is 1. The molecule has 2 N–H and O–H groups in total. The smallest absolute Gasteiger partial charge is 0.390 e. The number of carbonyl (C=O) groups is 2. The van der Waals surface area contributed by atoms with Crippen molar-refractivity contribution in [1.29, 1.82) is 0 Å². The minimum atomic E-state index is -4.31. The first-order valence-electron chi connectivity index (χ1n) is 5.75. The Hall–Kier alpha value is -1.47. The number of nitrogens with zero attached hydrogens (tertiary/aromatic N) is 1. The lowest BCUT2D eigenvalue weighted by Gasteiger charge is -2.22. The highest BCUT2D eigenvalue weighted by Crippen LogP contribution is 2.20. The summed E-state index contributed by atoms with van der Waals surface area (Å²) in [6.45, 7) is 2.68. The maximum absolute atomic E-state index is 12.0. The molecule has 0 spiro atoms. The lowest BCUT2D eigenvalue weighted by atomic mass is 9.90. The van der Waals surface area contributed by atoms with E-state index in [0.717, 1.165) is 4.90 Å². The number of hydrogen-bond donors (Lipinski definition) is 2. The van der Waals surface area contributed by atoms with Crippen molar-refractivity contribution in [2.75, 3.05) is 20.1 Å². The van der Waals surface area contributed by atoms with Gasteiger partial charge in [0.15, 0.2) is 0 Å². The molecule has 0 bridgehead atoms. The van der Waals surface area contributed by atoms with Crippen LogP contribution in [-0.4, -0.2) is 48.3 Å². The predicted molar refractivity (Wildman–Crippen MR) is 62.7 cm³/mol. The summed E-state index contributed by atoms with van der Waals surface area (Å²) in [5, 5.41) is 11.2. The van der Waals surface area contributed by atoms with E-state index in [9.17, 15) is 22.8 Å². The Morgan fingerprint density at radius 1 is 1.21 bits per heavy atom. The maximum atomic E-state index is 12.0. The van der Waals surface area contributed by atoms with Crippen LogP contribution in [0.15, 0.2) is 0 Å². The van der Waals surface area contributed by atoms with Gasteiger partial charge in [0.25, 0.3) is 0 Å². The van der Waals surface area contributed by atoms with Gasteiger partial charge in [-0.15, -0.1) is 0 Å². The van der Waals surface area contributed by atoms with E-state index >= 15 is 0 Å². The van der Waals surface area contributed by atoms with Crippen molar-refractivity contribution in [3.8, 4) is 0 Å². The van der Waals surface area contributed by atoms with Gasteiger partial charge in [-0.1, -0.05) is 0 Å². The maximum Gasteiger partial charge on any atom is 0.390 e. The first kappa shape index (κ1) is 17.5. The van der Waals surface area contributed by atoms with Crippen LogP contribution >= 0.6 is 0 Å².